The van der Waals surface area contributed by atoms with E-state index in [0.29, 0.717) is 24.0 Å². The lowest BCUT2D eigenvalue weighted by atomic mass is 9.99. The quantitative estimate of drug-likeness (QED) is 0.702. The molecule has 0 fully saturated rings. The molecule has 2 heteroatoms. The zero-order valence-electron chi connectivity index (χ0n) is 13.2. The summed E-state index contributed by atoms with van der Waals surface area (Å²) in [5, 5.41) is 3.59. The Morgan fingerprint density at radius 2 is 1.41 bits per heavy atom. The lowest BCUT2D eigenvalue weighted by Gasteiger charge is -2.39. The van der Waals surface area contributed by atoms with Crippen LogP contribution in [0.5, 0.6) is 0 Å². The molecule has 0 radical (unpaired) electrons. The van der Waals surface area contributed by atoms with Gasteiger partial charge < -0.3 is 5.32 Å². The molecule has 0 saturated heterocycles. The summed E-state index contributed by atoms with van der Waals surface area (Å²) in [6, 6.07) is 1.84. The van der Waals surface area contributed by atoms with Crippen LogP contribution >= 0.6 is 0 Å². The fraction of sp³-hybridized carbons (Fsp3) is 1.00. The molecular formula is C15H34N2. The second-order valence-corrected chi connectivity index (χ2v) is 6.56. The van der Waals surface area contributed by atoms with Gasteiger partial charge in [-0.25, -0.2) is 0 Å². The fourth-order valence-corrected chi connectivity index (χ4v) is 2.24. The highest BCUT2D eigenvalue weighted by atomic mass is 15.2. The van der Waals surface area contributed by atoms with E-state index in [1.54, 1.807) is 0 Å². The highest BCUT2D eigenvalue weighted by Crippen LogP contribution is 2.16. The van der Waals surface area contributed by atoms with Gasteiger partial charge in [0.15, 0.2) is 0 Å². The van der Waals surface area contributed by atoms with Crippen molar-refractivity contribution in [2.45, 2.75) is 73.5 Å². The van der Waals surface area contributed by atoms with Crippen LogP contribution in [0.3, 0.4) is 0 Å². The van der Waals surface area contributed by atoms with Gasteiger partial charge in [0.25, 0.3) is 0 Å². The Morgan fingerprint density at radius 1 is 0.882 bits per heavy atom. The van der Waals surface area contributed by atoms with E-state index in [1.807, 2.05) is 0 Å². The second-order valence-electron chi connectivity index (χ2n) is 6.56. The first-order valence-electron chi connectivity index (χ1n) is 7.24. The normalized spacial score (nSPS) is 14.6. The van der Waals surface area contributed by atoms with Gasteiger partial charge >= 0.3 is 0 Å². The van der Waals surface area contributed by atoms with Crippen LogP contribution in [0.1, 0.15) is 55.4 Å². The van der Waals surface area contributed by atoms with Gasteiger partial charge in [-0.1, -0.05) is 41.5 Å². The fourth-order valence-electron chi connectivity index (χ4n) is 2.24. The molecule has 0 bridgehead atoms. The van der Waals surface area contributed by atoms with E-state index in [-0.39, 0.29) is 0 Å². The minimum atomic E-state index is 0.573. The molecule has 0 aliphatic carbocycles. The molecule has 1 atom stereocenters. The van der Waals surface area contributed by atoms with Crippen molar-refractivity contribution in [1.29, 1.82) is 0 Å². The average molecular weight is 242 g/mol. The van der Waals surface area contributed by atoms with Gasteiger partial charge in [0.05, 0.1) is 0 Å². The first-order chi connectivity index (χ1) is 7.75. The van der Waals surface area contributed by atoms with Gasteiger partial charge in [-0.2, -0.15) is 0 Å². The van der Waals surface area contributed by atoms with Gasteiger partial charge in [0.2, 0.25) is 0 Å². The third-order valence-corrected chi connectivity index (χ3v) is 3.17. The van der Waals surface area contributed by atoms with Gasteiger partial charge in [-0.15, -0.1) is 0 Å². The average Bonchev–Trinajstić information content (AvgIpc) is 2.14. The minimum absolute atomic E-state index is 0.573. The van der Waals surface area contributed by atoms with Crippen LogP contribution in [0.15, 0.2) is 0 Å². The highest BCUT2D eigenvalue weighted by molar-refractivity contribution is 4.81. The Hall–Kier alpha value is -0.0800. The molecule has 0 aromatic carbocycles. The standard InChI is InChI=1S/C15H34N2/c1-11(2)10-17(14(7)8)15(12(3)4)9-16-13(5)6/h11-16H,9-10H2,1-8H3. The van der Waals surface area contributed by atoms with E-state index in [1.165, 1.54) is 6.54 Å². The molecule has 1 N–H and O–H groups in total. The number of hydrogen-bond acceptors (Lipinski definition) is 2. The molecule has 0 saturated carbocycles. The van der Waals surface area contributed by atoms with E-state index in [4.69, 9.17) is 0 Å². The van der Waals surface area contributed by atoms with Gasteiger partial charge in [0.1, 0.15) is 0 Å². The second kappa shape index (κ2) is 8.10. The van der Waals surface area contributed by atoms with Crippen LogP contribution in [0, 0.1) is 11.8 Å². The molecule has 0 heterocycles. The number of rotatable bonds is 8. The number of nitrogens with zero attached hydrogens (tertiary/aromatic N) is 1. The molecule has 0 aliphatic heterocycles. The van der Waals surface area contributed by atoms with Crippen LogP contribution in [0.4, 0.5) is 0 Å². The Bertz CT molecular complexity index is 185. The van der Waals surface area contributed by atoms with E-state index >= 15 is 0 Å². The smallest absolute Gasteiger partial charge is 0.0246 e. The zero-order chi connectivity index (χ0) is 13.6. The Morgan fingerprint density at radius 3 is 1.71 bits per heavy atom. The Kier molecular flexibility index (Phi) is 8.06. The molecule has 0 aromatic heterocycles. The number of hydrogen-bond donors (Lipinski definition) is 1. The topological polar surface area (TPSA) is 15.3 Å². The monoisotopic (exact) mass is 242 g/mol. The zero-order valence-corrected chi connectivity index (χ0v) is 13.2. The van der Waals surface area contributed by atoms with Crippen molar-refractivity contribution in [3.8, 4) is 0 Å². The Balaban J connectivity index is 4.59. The molecule has 0 aromatic rings. The van der Waals surface area contributed by atoms with Crippen LogP contribution < -0.4 is 5.32 Å². The summed E-state index contributed by atoms with van der Waals surface area (Å²) in [6.07, 6.45) is 0. The molecule has 0 rings (SSSR count). The molecule has 1 unspecified atom stereocenters. The van der Waals surface area contributed by atoms with Gasteiger partial charge in [0, 0.05) is 31.2 Å². The molecular weight excluding hydrogens is 208 g/mol. The van der Waals surface area contributed by atoms with Crippen molar-refractivity contribution in [3.63, 3.8) is 0 Å². The summed E-state index contributed by atoms with van der Waals surface area (Å²) in [7, 11) is 0. The molecule has 0 spiro atoms. The molecule has 2 nitrogen and oxygen atoms in total. The van der Waals surface area contributed by atoms with Gasteiger partial charge in [-0.05, 0) is 25.7 Å². The van der Waals surface area contributed by atoms with Crippen molar-refractivity contribution < 1.29 is 0 Å². The van der Waals surface area contributed by atoms with Crippen LogP contribution in [0.25, 0.3) is 0 Å². The van der Waals surface area contributed by atoms with Crippen molar-refractivity contribution in [2.24, 2.45) is 11.8 Å². The van der Waals surface area contributed by atoms with Crippen LogP contribution in [0.2, 0.25) is 0 Å². The lowest BCUT2D eigenvalue weighted by molar-refractivity contribution is 0.0999. The summed E-state index contributed by atoms with van der Waals surface area (Å²) in [5.41, 5.74) is 0. The molecule has 0 aliphatic rings. The largest absolute Gasteiger partial charge is 0.313 e. The predicted molar refractivity (Wildman–Crippen MR) is 78.4 cm³/mol. The van der Waals surface area contributed by atoms with Crippen molar-refractivity contribution in [1.82, 2.24) is 10.2 Å². The van der Waals surface area contributed by atoms with E-state index in [9.17, 15) is 0 Å². The third kappa shape index (κ3) is 7.05. The lowest BCUT2D eigenvalue weighted by Crippen LogP contribution is -2.51. The maximum Gasteiger partial charge on any atom is 0.0246 e. The molecule has 17 heavy (non-hydrogen) atoms. The van der Waals surface area contributed by atoms with Crippen LogP contribution in [-0.2, 0) is 0 Å². The minimum Gasteiger partial charge on any atom is -0.313 e. The van der Waals surface area contributed by atoms with E-state index < -0.39 is 0 Å². The summed E-state index contributed by atoms with van der Waals surface area (Å²) in [5.74, 6) is 1.43. The summed E-state index contributed by atoms with van der Waals surface area (Å²) in [6.45, 7) is 20.6. The summed E-state index contributed by atoms with van der Waals surface area (Å²) in [4.78, 5) is 2.66. The molecule has 0 amide bonds. The molecule has 104 valence electrons. The first-order valence-corrected chi connectivity index (χ1v) is 7.24. The van der Waals surface area contributed by atoms with Crippen LogP contribution in [-0.4, -0.2) is 36.1 Å². The Labute approximate surface area is 109 Å². The first kappa shape index (κ1) is 16.9. The maximum absolute atomic E-state index is 3.59. The highest BCUT2D eigenvalue weighted by Gasteiger charge is 2.24. The van der Waals surface area contributed by atoms with Gasteiger partial charge in [-0.3, -0.25) is 4.90 Å². The third-order valence-electron chi connectivity index (χ3n) is 3.17. The van der Waals surface area contributed by atoms with Crippen molar-refractivity contribution in [3.05, 3.63) is 0 Å². The SMILES string of the molecule is CC(C)CN(C(C)C)C(CNC(C)C)C(C)C. The van der Waals surface area contributed by atoms with E-state index in [2.05, 4.69) is 65.6 Å². The summed E-state index contributed by atoms with van der Waals surface area (Å²) < 4.78 is 0. The van der Waals surface area contributed by atoms with Crippen molar-refractivity contribution in [2.75, 3.05) is 13.1 Å². The van der Waals surface area contributed by atoms with E-state index in [0.717, 1.165) is 12.5 Å². The summed E-state index contributed by atoms with van der Waals surface area (Å²) >= 11 is 0. The maximum atomic E-state index is 3.59. The van der Waals surface area contributed by atoms with Crippen molar-refractivity contribution >= 4 is 0 Å². The number of nitrogens with one attached hydrogen (secondary N) is 1. The predicted octanol–water partition coefficient (Wildman–Crippen LogP) is 3.38.